The highest BCUT2D eigenvalue weighted by Crippen LogP contribution is 2.48. The number of unbranched alkanes of at least 4 members (excludes halogenated alkanes) is 2. The largest absolute Gasteiger partial charge is 0.461 e. The number of carbonyl (C=O) groups excluding carboxylic acids is 2. The summed E-state index contributed by atoms with van der Waals surface area (Å²) in [6, 6.07) is 0. The molecule has 184 valence electrons. The summed E-state index contributed by atoms with van der Waals surface area (Å²) in [7, 11) is 0. The molecule has 0 aliphatic rings. The van der Waals surface area contributed by atoms with Crippen molar-refractivity contribution < 1.29 is 80.5 Å². The van der Waals surface area contributed by atoms with E-state index in [4.69, 9.17) is 0 Å². The van der Waals surface area contributed by atoms with Crippen molar-refractivity contribution in [2.24, 2.45) is 0 Å². The van der Waals surface area contributed by atoms with Crippen molar-refractivity contribution >= 4 is 11.9 Å². The summed E-state index contributed by atoms with van der Waals surface area (Å²) >= 11 is 0. The molecule has 0 bridgehead atoms. The van der Waals surface area contributed by atoms with Gasteiger partial charge in [-0.25, -0.2) is 9.59 Å². The molecule has 0 spiro atoms. The van der Waals surface area contributed by atoms with Crippen molar-refractivity contribution in [3.05, 3.63) is 0 Å². The first-order valence-corrected chi connectivity index (χ1v) is 7.54. The molecule has 0 saturated heterocycles. The van der Waals surface area contributed by atoms with Crippen LogP contribution in [-0.4, -0.2) is 61.2 Å². The van der Waals surface area contributed by atoms with Gasteiger partial charge in [0, 0.05) is 0 Å². The summed E-state index contributed by atoms with van der Waals surface area (Å²) in [4.78, 5) is 21.5. The van der Waals surface area contributed by atoms with Crippen LogP contribution in [0, 0.1) is 0 Å². The highest BCUT2D eigenvalue weighted by molar-refractivity contribution is 5.79. The average Bonchev–Trinajstić information content (AvgIpc) is 2.57. The van der Waals surface area contributed by atoms with Gasteiger partial charge in [-0.05, 0) is 19.3 Å². The summed E-state index contributed by atoms with van der Waals surface area (Å²) in [5, 5.41) is 0. The molecule has 0 aromatic carbocycles. The van der Waals surface area contributed by atoms with Crippen molar-refractivity contribution in [1.82, 2.24) is 0 Å². The van der Waals surface area contributed by atoms with Gasteiger partial charge in [-0.3, -0.25) is 0 Å². The number of carbonyl (C=O) groups is 2. The van der Waals surface area contributed by atoms with Gasteiger partial charge in [0.2, 0.25) is 0 Å². The van der Waals surface area contributed by atoms with Gasteiger partial charge in [-0.15, -0.1) is 0 Å². The Hall–Kier alpha value is -2.04. The molecule has 0 radical (unpaired) electrons. The topological polar surface area (TPSA) is 52.6 Å². The molecule has 0 aromatic heterocycles. The van der Waals surface area contributed by atoms with E-state index >= 15 is 0 Å². The highest BCUT2D eigenvalue weighted by Gasteiger charge is 2.78. The fourth-order valence-corrected chi connectivity index (χ4v) is 1.50. The van der Waals surface area contributed by atoms with Crippen LogP contribution in [0.1, 0.15) is 19.3 Å². The van der Waals surface area contributed by atoms with Crippen LogP contribution in [-0.2, 0) is 19.1 Å². The number of alkyl halides is 14. The Morgan fingerprint density at radius 2 is 0.742 bits per heavy atom. The zero-order chi connectivity index (χ0) is 25.1. The predicted octanol–water partition coefficient (Wildman–Crippen LogP) is 4.91. The first-order valence-electron chi connectivity index (χ1n) is 7.54. The molecule has 0 saturated carbocycles. The van der Waals surface area contributed by atoms with Crippen molar-refractivity contribution in [3.63, 3.8) is 0 Å². The standard InChI is InChI=1S/C13H10F14O4/c14-8(15,10(18,19)12(22,23)24)6(28)30-4-2-1-3-5-31-7(29)9(16,17)11(20,21)13(25,26)27/h1-5H2. The monoisotopic (exact) mass is 496 g/mol. The van der Waals surface area contributed by atoms with Crippen molar-refractivity contribution in [3.8, 4) is 0 Å². The van der Waals surface area contributed by atoms with Crippen LogP contribution in [0.2, 0.25) is 0 Å². The number of rotatable bonds is 10. The van der Waals surface area contributed by atoms with Crippen molar-refractivity contribution in [1.29, 1.82) is 0 Å². The summed E-state index contributed by atoms with van der Waals surface area (Å²) in [5.41, 5.74) is 0. The average molecular weight is 496 g/mol. The molecule has 0 atom stereocenters. The Morgan fingerprint density at radius 3 is 0.968 bits per heavy atom. The predicted molar refractivity (Wildman–Crippen MR) is 67.7 cm³/mol. The number of hydrogen-bond acceptors (Lipinski definition) is 4. The SMILES string of the molecule is O=C(OCCCCCOC(=O)C(F)(F)C(F)(F)C(F)(F)F)C(F)(F)C(F)(F)C(F)(F)F. The van der Waals surface area contributed by atoms with Gasteiger partial charge in [0.25, 0.3) is 0 Å². The third-order valence-electron chi connectivity index (χ3n) is 3.27. The van der Waals surface area contributed by atoms with Crippen molar-refractivity contribution in [2.45, 2.75) is 55.3 Å². The summed E-state index contributed by atoms with van der Waals surface area (Å²) in [5.74, 6) is -32.6. The molecule has 0 N–H and O–H groups in total. The molecule has 0 aliphatic carbocycles. The third-order valence-corrected chi connectivity index (χ3v) is 3.27. The Balaban J connectivity index is 4.47. The lowest BCUT2D eigenvalue weighted by molar-refractivity contribution is -0.348. The maximum Gasteiger partial charge on any atom is 0.460 e. The van der Waals surface area contributed by atoms with E-state index in [1.807, 2.05) is 0 Å². The molecule has 0 heterocycles. The lowest BCUT2D eigenvalue weighted by Crippen LogP contribution is -2.56. The van der Waals surface area contributed by atoms with E-state index in [0.29, 0.717) is 0 Å². The zero-order valence-electron chi connectivity index (χ0n) is 14.5. The minimum Gasteiger partial charge on any atom is -0.461 e. The number of esters is 2. The van der Waals surface area contributed by atoms with E-state index in [1.165, 1.54) is 0 Å². The molecule has 18 heteroatoms. The van der Waals surface area contributed by atoms with Gasteiger partial charge >= 0.3 is 48.0 Å². The first-order chi connectivity index (χ1) is 13.5. The summed E-state index contributed by atoms with van der Waals surface area (Å²) < 4.78 is 180. The van der Waals surface area contributed by atoms with Gasteiger partial charge in [0.05, 0.1) is 13.2 Å². The maximum atomic E-state index is 12.9. The fraction of sp³-hybridized carbons (Fsp3) is 0.846. The molecule has 4 nitrogen and oxygen atoms in total. The Kier molecular flexibility index (Phi) is 8.61. The zero-order valence-corrected chi connectivity index (χ0v) is 14.5. The molecule has 31 heavy (non-hydrogen) atoms. The normalized spacial score (nSPS) is 14.4. The van der Waals surface area contributed by atoms with Crippen LogP contribution < -0.4 is 0 Å². The Morgan fingerprint density at radius 1 is 0.484 bits per heavy atom. The minimum absolute atomic E-state index is 0.455. The lowest BCUT2D eigenvalue weighted by Gasteiger charge is -2.26. The van der Waals surface area contributed by atoms with Gasteiger partial charge < -0.3 is 9.47 Å². The number of ether oxygens (including phenoxy) is 2. The highest BCUT2D eigenvalue weighted by atomic mass is 19.4. The molecule has 0 unspecified atom stereocenters. The summed E-state index contributed by atoms with van der Waals surface area (Å²) in [6.45, 7) is -2.39. The molecule has 0 aliphatic heterocycles. The van der Waals surface area contributed by atoms with E-state index in [0.717, 1.165) is 0 Å². The fourth-order valence-electron chi connectivity index (χ4n) is 1.50. The maximum absolute atomic E-state index is 12.9. The van der Waals surface area contributed by atoms with Crippen LogP contribution in [0.3, 0.4) is 0 Å². The van der Waals surface area contributed by atoms with Gasteiger partial charge in [0.1, 0.15) is 0 Å². The van der Waals surface area contributed by atoms with Crippen LogP contribution >= 0.6 is 0 Å². The van der Waals surface area contributed by atoms with Gasteiger partial charge in [-0.1, -0.05) is 0 Å². The van der Waals surface area contributed by atoms with Crippen LogP contribution in [0.5, 0.6) is 0 Å². The number of hydrogen-bond donors (Lipinski definition) is 0. The molecule has 0 aromatic rings. The van der Waals surface area contributed by atoms with Crippen LogP contribution in [0.4, 0.5) is 61.5 Å². The number of halogens is 14. The lowest BCUT2D eigenvalue weighted by atomic mass is 10.1. The second-order valence-electron chi connectivity index (χ2n) is 5.63. The summed E-state index contributed by atoms with van der Waals surface area (Å²) in [6.07, 6.45) is -15.2. The van der Waals surface area contributed by atoms with Gasteiger partial charge in [-0.2, -0.15) is 61.5 Å². The Labute approximate surface area is 162 Å². The van der Waals surface area contributed by atoms with E-state index in [1.54, 1.807) is 0 Å². The van der Waals surface area contributed by atoms with Crippen LogP contribution in [0.15, 0.2) is 0 Å². The Bertz CT molecular complexity index is 583. The smallest absolute Gasteiger partial charge is 0.460 e. The molecule has 0 fully saturated rings. The first kappa shape index (κ1) is 29.0. The quantitative estimate of drug-likeness (QED) is 0.245. The second kappa shape index (κ2) is 9.22. The molecule has 0 rings (SSSR count). The molecular weight excluding hydrogens is 486 g/mol. The second-order valence-corrected chi connectivity index (χ2v) is 5.63. The van der Waals surface area contributed by atoms with E-state index in [9.17, 15) is 71.1 Å². The molecule has 0 amide bonds. The van der Waals surface area contributed by atoms with Crippen molar-refractivity contribution in [2.75, 3.05) is 13.2 Å². The van der Waals surface area contributed by atoms with E-state index in [2.05, 4.69) is 9.47 Å². The van der Waals surface area contributed by atoms with Gasteiger partial charge in [0.15, 0.2) is 0 Å². The van der Waals surface area contributed by atoms with Crippen LogP contribution in [0.25, 0.3) is 0 Å². The third kappa shape index (κ3) is 6.02. The van der Waals surface area contributed by atoms with E-state index < -0.39 is 80.5 Å². The van der Waals surface area contributed by atoms with E-state index in [-0.39, 0.29) is 0 Å². The minimum atomic E-state index is -6.79. The molecular formula is C13H10F14O4.